The van der Waals surface area contributed by atoms with Crippen LogP contribution in [-0.2, 0) is 6.54 Å². The molecule has 0 atom stereocenters. The maximum absolute atomic E-state index is 12.0. The van der Waals surface area contributed by atoms with Crippen LogP contribution in [0, 0.1) is 16.0 Å². The molecule has 0 bridgehead atoms. The summed E-state index contributed by atoms with van der Waals surface area (Å²) in [7, 11) is 0. The Balaban J connectivity index is 2.62. The van der Waals surface area contributed by atoms with Gasteiger partial charge in [0, 0.05) is 36.8 Å². The van der Waals surface area contributed by atoms with Gasteiger partial charge in [0.15, 0.2) is 0 Å². The van der Waals surface area contributed by atoms with Crippen molar-refractivity contribution in [3.8, 4) is 11.1 Å². The van der Waals surface area contributed by atoms with E-state index in [0.717, 1.165) is 5.56 Å². The fourth-order valence-corrected chi connectivity index (χ4v) is 1.98. The van der Waals surface area contributed by atoms with Crippen molar-refractivity contribution in [2.24, 2.45) is 5.92 Å². The van der Waals surface area contributed by atoms with Gasteiger partial charge in [0.2, 0.25) is 0 Å². The van der Waals surface area contributed by atoms with Gasteiger partial charge in [-0.2, -0.15) is 0 Å². The first-order valence-electron chi connectivity index (χ1n) is 6.28. The molecule has 0 unspecified atom stereocenters. The number of hydrogen-bond donors (Lipinski definition) is 0. The third kappa shape index (κ3) is 2.90. The summed E-state index contributed by atoms with van der Waals surface area (Å²) in [5.74, 6) is 0.222. The summed E-state index contributed by atoms with van der Waals surface area (Å²) < 4.78 is 1.40. The van der Waals surface area contributed by atoms with Crippen molar-refractivity contribution < 1.29 is 4.92 Å². The topological polar surface area (TPSA) is 78.0 Å². The first kappa shape index (κ1) is 13.9. The van der Waals surface area contributed by atoms with E-state index in [1.807, 2.05) is 13.8 Å². The molecule has 2 heterocycles. The highest BCUT2D eigenvalue weighted by Gasteiger charge is 2.17. The smallest absolute Gasteiger partial charge is 0.309 e. The van der Waals surface area contributed by atoms with Crippen LogP contribution < -0.4 is 5.56 Å². The summed E-state index contributed by atoms with van der Waals surface area (Å²) in [6, 6.07) is 4.82. The minimum Gasteiger partial charge on any atom is -0.309 e. The molecule has 0 fully saturated rings. The summed E-state index contributed by atoms with van der Waals surface area (Å²) >= 11 is 0. The summed E-state index contributed by atoms with van der Waals surface area (Å²) in [6.07, 6.45) is 4.88. The van der Waals surface area contributed by atoms with Crippen molar-refractivity contribution in [3.63, 3.8) is 0 Å². The van der Waals surface area contributed by atoms with Crippen molar-refractivity contribution >= 4 is 5.69 Å². The van der Waals surface area contributed by atoms with E-state index in [0.29, 0.717) is 12.1 Å². The highest BCUT2D eigenvalue weighted by Crippen LogP contribution is 2.21. The standard InChI is InChI=1S/C14H15N3O3/c1-10(2)8-16-9-12(11-3-5-15-6-4-11)7-13(14(16)18)17(19)20/h3-7,9-10H,8H2,1-2H3. The molecule has 0 N–H and O–H groups in total. The minimum atomic E-state index is -0.635. The molecule has 0 aliphatic heterocycles. The van der Waals surface area contributed by atoms with Crippen LogP contribution in [0.25, 0.3) is 11.1 Å². The second-order valence-corrected chi connectivity index (χ2v) is 4.96. The zero-order valence-corrected chi connectivity index (χ0v) is 11.3. The van der Waals surface area contributed by atoms with Gasteiger partial charge in [-0.1, -0.05) is 13.8 Å². The molecule has 2 aromatic heterocycles. The lowest BCUT2D eigenvalue weighted by atomic mass is 10.1. The number of hydrogen-bond acceptors (Lipinski definition) is 4. The van der Waals surface area contributed by atoms with Crippen LogP contribution in [-0.4, -0.2) is 14.5 Å². The maximum Gasteiger partial charge on any atom is 0.334 e. The lowest BCUT2D eigenvalue weighted by Crippen LogP contribution is -2.24. The zero-order valence-electron chi connectivity index (χ0n) is 11.3. The van der Waals surface area contributed by atoms with Crippen molar-refractivity contribution in [1.82, 2.24) is 9.55 Å². The highest BCUT2D eigenvalue weighted by atomic mass is 16.6. The van der Waals surface area contributed by atoms with Crippen molar-refractivity contribution in [3.05, 3.63) is 57.3 Å². The number of nitrogens with zero attached hydrogens (tertiary/aromatic N) is 3. The normalized spacial score (nSPS) is 10.8. The SMILES string of the molecule is CC(C)Cn1cc(-c2ccncc2)cc([N+](=O)[O-])c1=O. The third-order valence-corrected chi connectivity index (χ3v) is 2.84. The molecule has 0 spiro atoms. The van der Waals surface area contributed by atoms with Crippen LogP contribution in [0.2, 0.25) is 0 Å². The fourth-order valence-electron chi connectivity index (χ4n) is 1.98. The summed E-state index contributed by atoms with van der Waals surface area (Å²) in [5, 5.41) is 11.0. The van der Waals surface area contributed by atoms with Gasteiger partial charge >= 0.3 is 11.2 Å². The van der Waals surface area contributed by atoms with Crippen LogP contribution >= 0.6 is 0 Å². The number of pyridine rings is 2. The van der Waals surface area contributed by atoms with Crippen molar-refractivity contribution in [2.45, 2.75) is 20.4 Å². The van der Waals surface area contributed by atoms with Crippen molar-refractivity contribution in [2.75, 3.05) is 0 Å². The number of nitro groups is 1. The van der Waals surface area contributed by atoms with Gasteiger partial charge in [-0.15, -0.1) is 0 Å². The molecule has 0 aliphatic carbocycles. The Morgan fingerprint density at radius 3 is 2.50 bits per heavy atom. The van der Waals surface area contributed by atoms with Gasteiger partial charge in [0.1, 0.15) is 0 Å². The molecule has 6 nitrogen and oxygen atoms in total. The molecule has 6 heteroatoms. The van der Waals surface area contributed by atoms with E-state index in [2.05, 4.69) is 4.98 Å². The molecule has 0 aliphatic rings. The largest absolute Gasteiger partial charge is 0.334 e. The average molecular weight is 273 g/mol. The Morgan fingerprint density at radius 2 is 1.95 bits per heavy atom. The summed E-state index contributed by atoms with van der Waals surface area (Å²) in [6.45, 7) is 4.35. The Bertz CT molecular complexity index is 678. The molecule has 0 aromatic carbocycles. The number of rotatable bonds is 4. The van der Waals surface area contributed by atoms with Gasteiger partial charge in [0.25, 0.3) is 0 Å². The molecule has 2 aromatic rings. The molecule has 0 amide bonds. The highest BCUT2D eigenvalue weighted by molar-refractivity contribution is 5.64. The maximum atomic E-state index is 12.0. The van der Waals surface area contributed by atoms with Gasteiger partial charge in [0.05, 0.1) is 4.92 Å². The lowest BCUT2D eigenvalue weighted by molar-refractivity contribution is -0.386. The lowest BCUT2D eigenvalue weighted by Gasteiger charge is -2.10. The van der Waals surface area contributed by atoms with Crippen LogP contribution in [0.4, 0.5) is 5.69 Å². The van der Waals surface area contributed by atoms with E-state index in [1.165, 1.54) is 10.6 Å². The zero-order chi connectivity index (χ0) is 14.7. The van der Waals surface area contributed by atoms with E-state index in [4.69, 9.17) is 0 Å². The molecule has 2 rings (SSSR count). The van der Waals surface area contributed by atoms with E-state index in [-0.39, 0.29) is 5.92 Å². The van der Waals surface area contributed by atoms with Crippen LogP contribution in [0.15, 0.2) is 41.6 Å². The van der Waals surface area contributed by atoms with Crippen molar-refractivity contribution in [1.29, 1.82) is 0 Å². The third-order valence-electron chi connectivity index (χ3n) is 2.84. The minimum absolute atomic E-state index is 0.222. The molecule has 0 saturated carbocycles. The van der Waals surface area contributed by atoms with Crippen LogP contribution in [0.1, 0.15) is 13.8 Å². The molecular formula is C14H15N3O3. The molecule has 104 valence electrons. The van der Waals surface area contributed by atoms with Gasteiger partial charge < -0.3 is 4.57 Å². The first-order chi connectivity index (χ1) is 9.49. The van der Waals surface area contributed by atoms with Gasteiger partial charge in [-0.25, -0.2) is 0 Å². The predicted octanol–water partition coefficient (Wildman–Crippen LogP) is 2.47. The Labute approximate surface area is 115 Å². The Hall–Kier alpha value is -2.50. The van der Waals surface area contributed by atoms with Crippen LogP contribution in [0.5, 0.6) is 0 Å². The quantitative estimate of drug-likeness (QED) is 0.633. The van der Waals surface area contributed by atoms with Gasteiger partial charge in [-0.3, -0.25) is 19.9 Å². The second-order valence-electron chi connectivity index (χ2n) is 4.96. The first-order valence-corrected chi connectivity index (χ1v) is 6.28. The Morgan fingerprint density at radius 1 is 1.30 bits per heavy atom. The molecular weight excluding hydrogens is 258 g/mol. The predicted molar refractivity (Wildman–Crippen MR) is 75.4 cm³/mol. The molecule has 0 saturated heterocycles. The van der Waals surface area contributed by atoms with E-state index >= 15 is 0 Å². The van der Waals surface area contributed by atoms with E-state index in [1.54, 1.807) is 30.7 Å². The summed E-state index contributed by atoms with van der Waals surface area (Å²) in [5.41, 5.74) is 0.460. The van der Waals surface area contributed by atoms with Crippen LogP contribution in [0.3, 0.4) is 0 Å². The molecule has 20 heavy (non-hydrogen) atoms. The number of aromatic nitrogens is 2. The molecule has 0 radical (unpaired) electrons. The monoisotopic (exact) mass is 273 g/mol. The average Bonchev–Trinajstić information content (AvgIpc) is 2.41. The van der Waals surface area contributed by atoms with E-state index < -0.39 is 16.2 Å². The fraction of sp³-hybridized carbons (Fsp3) is 0.286. The summed E-state index contributed by atoms with van der Waals surface area (Å²) in [4.78, 5) is 26.3. The second kappa shape index (κ2) is 5.64. The van der Waals surface area contributed by atoms with E-state index in [9.17, 15) is 14.9 Å². The van der Waals surface area contributed by atoms with Gasteiger partial charge in [-0.05, 0) is 23.6 Å². The Kier molecular flexibility index (Phi) is 3.93.